The summed E-state index contributed by atoms with van der Waals surface area (Å²) in [5, 5.41) is 3.22. The maximum absolute atomic E-state index is 11.7. The van der Waals surface area contributed by atoms with Crippen molar-refractivity contribution in [3.8, 4) is 0 Å². The molecule has 1 rings (SSSR count). The Kier molecular flexibility index (Phi) is 5.74. The Balaban J connectivity index is 2.61. The van der Waals surface area contributed by atoms with Crippen LogP contribution in [0.2, 0.25) is 5.02 Å². The minimum atomic E-state index is -0.216. The van der Waals surface area contributed by atoms with Crippen LogP contribution in [0.25, 0.3) is 0 Å². The fourth-order valence-electron chi connectivity index (χ4n) is 1.13. The van der Waals surface area contributed by atoms with Crippen LogP contribution in [0, 0.1) is 0 Å². The number of anilines is 1. The highest BCUT2D eigenvalue weighted by Crippen LogP contribution is 2.25. The van der Waals surface area contributed by atoms with E-state index in [1.807, 2.05) is 6.07 Å². The van der Waals surface area contributed by atoms with Gasteiger partial charge in [0.15, 0.2) is 0 Å². The zero-order valence-electron chi connectivity index (χ0n) is 9.67. The lowest BCUT2D eigenvalue weighted by Crippen LogP contribution is -2.33. The van der Waals surface area contributed by atoms with E-state index in [4.69, 9.17) is 16.3 Å². The van der Waals surface area contributed by atoms with E-state index in [2.05, 4.69) is 21.2 Å². The van der Waals surface area contributed by atoms with Crippen molar-refractivity contribution in [3.63, 3.8) is 0 Å². The Labute approximate surface area is 114 Å². The number of hydrogen-bond acceptors (Lipinski definition) is 2. The number of amides is 2. The Bertz CT molecular complexity index is 401. The SMILES string of the molecule is COCCN(C)C(=O)Nc1ccc(Br)cc1Cl. The van der Waals surface area contributed by atoms with Crippen LogP contribution in [-0.2, 0) is 4.74 Å². The third-order valence-corrected chi connectivity index (χ3v) is 2.96. The van der Waals surface area contributed by atoms with Gasteiger partial charge < -0.3 is 15.0 Å². The lowest BCUT2D eigenvalue weighted by molar-refractivity contribution is 0.165. The molecule has 0 aliphatic heterocycles. The lowest BCUT2D eigenvalue weighted by Gasteiger charge is -2.17. The third-order valence-electron chi connectivity index (χ3n) is 2.15. The van der Waals surface area contributed by atoms with Gasteiger partial charge in [-0.05, 0) is 18.2 Å². The maximum Gasteiger partial charge on any atom is 0.321 e. The van der Waals surface area contributed by atoms with Crippen LogP contribution in [0.15, 0.2) is 22.7 Å². The number of nitrogens with one attached hydrogen (secondary N) is 1. The number of rotatable bonds is 4. The summed E-state index contributed by atoms with van der Waals surface area (Å²) in [6.45, 7) is 1.02. The number of carbonyl (C=O) groups is 1. The molecule has 0 aliphatic rings. The van der Waals surface area contributed by atoms with Gasteiger partial charge in [-0.1, -0.05) is 27.5 Å². The third kappa shape index (κ3) is 4.53. The molecule has 0 atom stereocenters. The zero-order chi connectivity index (χ0) is 12.8. The quantitative estimate of drug-likeness (QED) is 0.925. The van der Waals surface area contributed by atoms with Crippen molar-refractivity contribution in [2.45, 2.75) is 0 Å². The molecular weight excluding hydrogens is 307 g/mol. The first kappa shape index (κ1) is 14.3. The molecule has 1 aromatic carbocycles. The molecule has 0 spiro atoms. The molecule has 6 heteroatoms. The maximum atomic E-state index is 11.7. The van der Waals surface area contributed by atoms with E-state index in [0.717, 1.165) is 4.47 Å². The predicted octanol–water partition coefficient (Wildman–Crippen LogP) is 3.21. The van der Waals surface area contributed by atoms with Gasteiger partial charge in [-0.15, -0.1) is 0 Å². The Morgan fingerprint density at radius 3 is 2.88 bits per heavy atom. The van der Waals surface area contributed by atoms with Crippen LogP contribution in [0.5, 0.6) is 0 Å². The first-order valence-electron chi connectivity index (χ1n) is 5.00. The second kappa shape index (κ2) is 6.83. The number of halogens is 2. The molecule has 2 amide bonds. The number of ether oxygens (including phenoxy) is 1. The topological polar surface area (TPSA) is 41.6 Å². The molecule has 0 fully saturated rings. The number of urea groups is 1. The van der Waals surface area contributed by atoms with Gasteiger partial charge in [0.05, 0.1) is 17.3 Å². The second-order valence-electron chi connectivity index (χ2n) is 3.47. The summed E-state index contributed by atoms with van der Waals surface area (Å²) in [6.07, 6.45) is 0. The Hall–Kier alpha value is -0.780. The van der Waals surface area contributed by atoms with E-state index in [1.165, 1.54) is 4.90 Å². The van der Waals surface area contributed by atoms with Gasteiger partial charge in [0, 0.05) is 25.2 Å². The van der Waals surface area contributed by atoms with Crippen molar-refractivity contribution < 1.29 is 9.53 Å². The summed E-state index contributed by atoms with van der Waals surface area (Å²) in [7, 11) is 3.29. The van der Waals surface area contributed by atoms with E-state index >= 15 is 0 Å². The summed E-state index contributed by atoms with van der Waals surface area (Å²) in [6, 6.07) is 5.07. The van der Waals surface area contributed by atoms with Crippen molar-refractivity contribution in [1.29, 1.82) is 0 Å². The largest absolute Gasteiger partial charge is 0.383 e. The van der Waals surface area contributed by atoms with Gasteiger partial charge in [0.2, 0.25) is 0 Å². The number of carbonyl (C=O) groups excluding carboxylic acids is 1. The average molecular weight is 322 g/mol. The molecule has 0 saturated heterocycles. The molecule has 1 N–H and O–H groups in total. The highest BCUT2D eigenvalue weighted by Gasteiger charge is 2.10. The fraction of sp³-hybridized carbons (Fsp3) is 0.364. The van der Waals surface area contributed by atoms with Crippen molar-refractivity contribution in [1.82, 2.24) is 4.90 Å². The van der Waals surface area contributed by atoms with E-state index in [-0.39, 0.29) is 6.03 Å². The minimum Gasteiger partial charge on any atom is -0.383 e. The first-order chi connectivity index (χ1) is 8.04. The molecule has 17 heavy (non-hydrogen) atoms. The molecular formula is C11H14BrClN2O2. The van der Waals surface area contributed by atoms with Crippen molar-refractivity contribution >= 4 is 39.2 Å². The molecule has 1 aromatic rings. The minimum absolute atomic E-state index is 0.216. The molecule has 0 unspecified atom stereocenters. The standard InChI is InChI=1S/C11H14BrClN2O2/c1-15(5-6-17-2)11(16)14-10-4-3-8(12)7-9(10)13/h3-4,7H,5-6H2,1-2H3,(H,14,16). The number of nitrogens with zero attached hydrogens (tertiary/aromatic N) is 1. The molecule has 4 nitrogen and oxygen atoms in total. The molecule has 0 radical (unpaired) electrons. The summed E-state index contributed by atoms with van der Waals surface area (Å²) < 4.78 is 5.77. The molecule has 0 aromatic heterocycles. The van der Waals surface area contributed by atoms with E-state index in [0.29, 0.717) is 23.9 Å². The molecule has 0 bridgehead atoms. The number of likely N-dealkylation sites (N-methyl/N-ethyl adjacent to an activating group) is 1. The predicted molar refractivity (Wildman–Crippen MR) is 72.7 cm³/mol. The van der Waals surface area contributed by atoms with Crippen molar-refractivity contribution in [2.75, 3.05) is 32.6 Å². The molecule has 0 saturated carbocycles. The van der Waals surface area contributed by atoms with Gasteiger partial charge in [-0.3, -0.25) is 0 Å². The van der Waals surface area contributed by atoms with Crippen LogP contribution in [0.3, 0.4) is 0 Å². The average Bonchev–Trinajstić information content (AvgIpc) is 2.29. The smallest absolute Gasteiger partial charge is 0.321 e. The zero-order valence-corrected chi connectivity index (χ0v) is 12.0. The van der Waals surface area contributed by atoms with E-state index in [1.54, 1.807) is 26.3 Å². The summed E-state index contributed by atoms with van der Waals surface area (Å²) in [5.41, 5.74) is 0.587. The fourth-order valence-corrected chi connectivity index (χ4v) is 1.85. The highest BCUT2D eigenvalue weighted by atomic mass is 79.9. The van der Waals surface area contributed by atoms with Gasteiger partial charge in [0.25, 0.3) is 0 Å². The normalized spacial score (nSPS) is 10.1. The monoisotopic (exact) mass is 320 g/mol. The van der Waals surface area contributed by atoms with Gasteiger partial charge in [-0.25, -0.2) is 4.79 Å². The Morgan fingerprint density at radius 1 is 1.59 bits per heavy atom. The van der Waals surface area contributed by atoms with Crippen LogP contribution in [0.4, 0.5) is 10.5 Å². The second-order valence-corrected chi connectivity index (χ2v) is 4.79. The van der Waals surface area contributed by atoms with Gasteiger partial charge >= 0.3 is 6.03 Å². The molecule has 0 aliphatic carbocycles. The van der Waals surface area contributed by atoms with Crippen molar-refractivity contribution in [2.24, 2.45) is 0 Å². The summed E-state index contributed by atoms with van der Waals surface area (Å²) >= 11 is 9.30. The van der Waals surface area contributed by atoms with E-state index < -0.39 is 0 Å². The van der Waals surface area contributed by atoms with Crippen LogP contribution >= 0.6 is 27.5 Å². The molecule has 0 heterocycles. The van der Waals surface area contributed by atoms with Crippen molar-refractivity contribution in [3.05, 3.63) is 27.7 Å². The number of methoxy groups -OCH3 is 1. The van der Waals surface area contributed by atoms with Crippen LogP contribution in [0.1, 0.15) is 0 Å². The summed E-state index contributed by atoms with van der Waals surface area (Å²) in [5.74, 6) is 0. The summed E-state index contributed by atoms with van der Waals surface area (Å²) in [4.78, 5) is 13.3. The van der Waals surface area contributed by atoms with E-state index in [9.17, 15) is 4.79 Å². The van der Waals surface area contributed by atoms with Crippen LogP contribution < -0.4 is 5.32 Å². The molecule has 94 valence electrons. The van der Waals surface area contributed by atoms with Crippen LogP contribution in [-0.4, -0.2) is 38.2 Å². The number of benzene rings is 1. The highest BCUT2D eigenvalue weighted by molar-refractivity contribution is 9.10. The van der Waals surface area contributed by atoms with Gasteiger partial charge in [0.1, 0.15) is 0 Å². The Morgan fingerprint density at radius 2 is 2.29 bits per heavy atom. The first-order valence-corrected chi connectivity index (χ1v) is 6.18. The van der Waals surface area contributed by atoms with Gasteiger partial charge in [-0.2, -0.15) is 0 Å². The lowest BCUT2D eigenvalue weighted by atomic mass is 10.3. The number of hydrogen-bond donors (Lipinski definition) is 1.